The van der Waals surface area contributed by atoms with Crippen molar-refractivity contribution in [2.45, 2.75) is 13.2 Å². The van der Waals surface area contributed by atoms with E-state index in [4.69, 9.17) is 4.74 Å². The van der Waals surface area contributed by atoms with E-state index < -0.39 is 5.91 Å². The fourth-order valence-corrected chi connectivity index (χ4v) is 3.29. The zero-order valence-corrected chi connectivity index (χ0v) is 17.9. The molecule has 0 atom stereocenters. The minimum Gasteiger partial charge on any atom is -0.488 e. The molecule has 4 rings (SSSR count). The highest BCUT2D eigenvalue weighted by Crippen LogP contribution is 2.17. The topological polar surface area (TPSA) is 72.7 Å². The molecule has 0 fully saturated rings. The molecule has 0 saturated carbocycles. The average Bonchev–Trinajstić information content (AvgIpc) is 2.86. The van der Waals surface area contributed by atoms with Gasteiger partial charge in [-0.3, -0.25) is 9.59 Å². The van der Waals surface area contributed by atoms with E-state index in [9.17, 15) is 9.59 Å². The molecule has 4 aromatic rings. The fourth-order valence-electron chi connectivity index (χ4n) is 3.29. The first-order chi connectivity index (χ1) is 16.2. The van der Waals surface area contributed by atoms with Gasteiger partial charge in [0.05, 0.1) is 12.8 Å². The minimum atomic E-state index is -0.568. The fraction of sp³-hybridized carbons (Fsp3) is 0.0741. The molecule has 1 amide bonds. The molecule has 6 nitrogen and oxygen atoms in total. The molecule has 0 saturated heterocycles. The summed E-state index contributed by atoms with van der Waals surface area (Å²) >= 11 is 0. The van der Waals surface area contributed by atoms with Gasteiger partial charge in [-0.25, -0.2) is 5.43 Å². The predicted octanol–water partition coefficient (Wildman–Crippen LogP) is 4.24. The summed E-state index contributed by atoms with van der Waals surface area (Å²) in [6.07, 6.45) is 3.17. The summed E-state index contributed by atoms with van der Waals surface area (Å²) in [5, 5.41) is 4.04. The standard InChI is InChI=1S/C27H23N3O3/c31-26(24-15-9-17-30(27(24)32)19-21-10-3-1-4-11-21)29-28-18-23-14-7-8-16-25(23)33-20-22-12-5-2-6-13-22/h1-18H,19-20H2,(H,29,31)/b28-18-. The lowest BCUT2D eigenvalue weighted by atomic mass is 10.2. The second kappa shape index (κ2) is 10.7. The second-order valence-corrected chi connectivity index (χ2v) is 7.35. The maximum absolute atomic E-state index is 12.8. The van der Waals surface area contributed by atoms with Crippen molar-refractivity contribution in [3.05, 3.63) is 136 Å². The van der Waals surface area contributed by atoms with Crippen molar-refractivity contribution in [2.24, 2.45) is 5.10 Å². The molecule has 0 unspecified atom stereocenters. The summed E-state index contributed by atoms with van der Waals surface area (Å²) in [5.74, 6) is 0.0747. The quantitative estimate of drug-likeness (QED) is 0.331. The number of nitrogens with zero attached hydrogens (tertiary/aromatic N) is 2. The van der Waals surface area contributed by atoms with Crippen LogP contribution in [0.1, 0.15) is 27.0 Å². The highest BCUT2D eigenvalue weighted by molar-refractivity contribution is 5.94. The van der Waals surface area contributed by atoms with Gasteiger partial charge in [0.25, 0.3) is 11.5 Å². The molecule has 0 aliphatic heterocycles. The summed E-state index contributed by atoms with van der Waals surface area (Å²) in [4.78, 5) is 25.3. The summed E-state index contributed by atoms with van der Waals surface area (Å²) in [5.41, 5.74) is 4.83. The van der Waals surface area contributed by atoms with Crippen LogP contribution in [0.3, 0.4) is 0 Å². The van der Waals surface area contributed by atoms with Gasteiger partial charge < -0.3 is 9.30 Å². The number of hydrogen-bond acceptors (Lipinski definition) is 4. The molecule has 3 aromatic carbocycles. The molecule has 164 valence electrons. The lowest BCUT2D eigenvalue weighted by molar-refractivity contribution is 0.0953. The van der Waals surface area contributed by atoms with Gasteiger partial charge in [0, 0.05) is 11.8 Å². The van der Waals surface area contributed by atoms with Crippen LogP contribution in [0, 0.1) is 0 Å². The SMILES string of the molecule is O=C(N/N=C\c1ccccc1OCc1ccccc1)c1cccn(Cc2ccccc2)c1=O. The molecular formula is C27H23N3O3. The monoisotopic (exact) mass is 437 g/mol. The number of benzene rings is 3. The van der Waals surface area contributed by atoms with Crippen LogP contribution < -0.4 is 15.7 Å². The van der Waals surface area contributed by atoms with Crippen LogP contribution in [0.2, 0.25) is 0 Å². The van der Waals surface area contributed by atoms with Crippen LogP contribution >= 0.6 is 0 Å². The van der Waals surface area contributed by atoms with E-state index in [2.05, 4.69) is 10.5 Å². The Labute approximate surface area is 191 Å². The number of aromatic nitrogens is 1. The first kappa shape index (κ1) is 21.8. The zero-order chi connectivity index (χ0) is 22.9. The number of nitrogens with one attached hydrogen (secondary N) is 1. The van der Waals surface area contributed by atoms with Crippen molar-refractivity contribution in [1.82, 2.24) is 9.99 Å². The Kier molecular flexibility index (Phi) is 7.08. The van der Waals surface area contributed by atoms with Gasteiger partial charge in [-0.1, -0.05) is 72.8 Å². The first-order valence-electron chi connectivity index (χ1n) is 10.5. The Morgan fingerprint density at radius 3 is 2.27 bits per heavy atom. The van der Waals surface area contributed by atoms with Gasteiger partial charge in [-0.2, -0.15) is 5.10 Å². The van der Waals surface area contributed by atoms with Crippen LogP contribution in [0.25, 0.3) is 0 Å². The lowest BCUT2D eigenvalue weighted by Gasteiger charge is -2.09. The first-order valence-corrected chi connectivity index (χ1v) is 10.5. The Morgan fingerprint density at radius 2 is 1.52 bits per heavy atom. The van der Waals surface area contributed by atoms with E-state index in [0.29, 0.717) is 24.5 Å². The third-order valence-corrected chi connectivity index (χ3v) is 4.99. The third kappa shape index (κ3) is 5.83. The zero-order valence-electron chi connectivity index (χ0n) is 17.9. The molecular weight excluding hydrogens is 414 g/mol. The highest BCUT2D eigenvalue weighted by atomic mass is 16.5. The van der Waals surface area contributed by atoms with Crippen molar-refractivity contribution < 1.29 is 9.53 Å². The van der Waals surface area contributed by atoms with Crippen LogP contribution in [0.5, 0.6) is 5.75 Å². The van der Waals surface area contributed by atoms with E-state index in [0.717, 1.165) is 11.1 Å². The number of pyridine rings is 1. The van der Waals surface area contributed by atoms with Gasteiger partial charge in [0.15, 0.2) is 0 Å². The van der Waals surface area contributed by atoms with Crippen LogP contribution in [0.4, 0.5) is 0 Å². The van der Waals surface area contributed by atoms with Crippen molar-refractivity contribution in [3.63, 3.8) is 0 Å². The number of para-hydroxylation sites is 1. The molecule has 1 aromatic heterocycles. The minimum absolute atomic E-state index is 0.0270. The lowest BCUT2D eigenvalue weighted by Crippen LogP contribution is -2.30. The Balaban J connectivity index is 1.43. The largest absolute Gasteiger partial charge is 0.488 e. The van der Waals surface area contributed by atoms with E-state index in [1.807, 2.05) is 84.9 Å². The number of carbonyl (C=O) groups is 1. The molecule has 0 bridgehead atoms. The molecule has 0 spiro atoms. The summed E-state index contributed by atoms with van der Waals surface area (Å²) in [6.45, 7) is 0.805. The maximum Gasteiger partial charge on any atom is 0.276 e. The molecule has 33 heavy (non-hydrogen) atoms. The number of rotatable bonds is 8. The van der Waals surface area contributed by atoms with Gasteiger partial charge in [-0.05, 0) is 35.4 Å². The van der Waals surface area contributed by atoms with Gasteiger partial charge >= 0.3 is 0 Å². The van der Waals surface area contributed by atoms with Crippen molar-refractivity contribution in [3.8, 4) is 5.75 Å². The van der Waals surface area contributed by atoms with Crippen molar-refractivity contribution in [2.75, 3.05) is 0 Å². The second-order valence-electron chi connectivity index (χ2n) is 7.35. The van der Waals surface area contributed by atoms with E-state index in [1.54, 1.807) is 12.3 Å². The molecule has 1 N–H and O–H groups in total. The van der Waals surface area contributed by atoms with Crippen LogP contribution in [0.15, 0.2) is 113 Å². The van der Waals surface area contributed by atoms with Crippen LogP contribution in [-0.4, -0.2) is 16.7 Å². The third-order valence-electron chi connectivity index (χ3n) is 4.99. The molecule has 0 aliphatic carbocycles. The average molecular weight is 437 g/mol. The van der Waals surface area contributed by atoms with Crippen LogP contribution in [-0.2, 0) is 13.2 Å². The maximum atomic E-state index is 12.8. The molecule has 1 heterocycles. The normalized spacial score (nSPS) is 10.8. The molecule has 0 radical (unpaired) electrons. The molecule has 0 aliphatic rings. The Bertz CT molecular complexity index is 1300. The number of amides is 1. The Hall–Kier alpha value is -4.45. The van der Waals surface area contributed by atoms with Crippen molar-refractivity contribution >= 4 is 12.1 Å². The predicted molar refractivity (Wildman–Crippen MR) is 129 cm³/mol. The van der Waals surface area contributed by atoms with E-state index in [-0.39, 0.29) is 11.1 Å². The van der Waals surface area contributed by atoms with E-state index >= 15 is 0 Å². The number of hydrogen-bond donors (Lipinski definition) is 1. The molecule has 6 heteroatoms. The smallest absolute Gasteiger partial charge is 0.276 e. The van der Waals surface area contributed by atoms with Crippen molar-refractivity contribution in [1.29, 1.82) is 0 Å². The summed E-state index contributed by atoms with van der Waals surface area (Å²) < 4.78 is 7.40. The number of ether oxygens (including phenoxy) is 1. The van der Waals surface area contributed by atoms with E-state index in [1.165, 1.54) is 16.8 Å². The number of carbonyl (C=O) groups excluding carboxylic acids is 1. The van der Waals surface area contributed by atoms with Gasteiger partial charge in [0.2, 0.25) is 0 Å². The van der Waals surface area contributed by atoms with Gasteiger partial charge in [0.1, 0.15) is 17.9 Å². The van der Waals surface area contributed by atoms with Gasteiger partial charge in [-0.15, -0.1) is 0 Å². The number of hydrazone groups is 1. The summed E-state index contributed by atoms with van der Waals surface area (Å²) in [6, 6.07) is 30.0. The summed E-state index contributed by atoms with van der Waals surface area (Å²) in [7, 11) is 0. The highest BCUT2D eigenvalue weighted by Gasteiger charge is 2.12. The Morgan fingerprint density at radius 1 is 0.848 bits per heavy atom.